The van der Waals surface area contributed by atoms with Crippen LogP contribution in [-0.4, -0.2) is 15.7 Å². The molecule has 1 atom stereocenters. The lowest BCUT2D eigenvalue weighted by molar-refractivity contribution is -0.117. The molecule has 1 amide bonds. The average molecular weight is 331 g/mol. The quantitative estimate of drug-likeness (QED) is 0.719. The summed E-state index contributed by atoms with van der Waals surface area (Å²) >= 11 is 0. The topological polar surface area (TPSA) is 46.9 Å². The van der Waals surface area contributed by atoms with Gasteiger partial charge in [-0.15, -0.1) is 0 Å². The molecule has 0 bridgehead atoms. The second-order valence-corrected chi connectivity index (χ2v) is 6.00. The van der Waals surface area contributed by atoms with Crippen LogP contribution in [0.3, 0.4) is 0 Å². The number of carbonyl (C=O) groups excluding carboxylic acids is 1. The summed E-state index contributed by atoms with van der Waals surface area (Å²) in [5, 5.41) is 7.05. The molecule has 1 heterocycles. The van der Waals surface area contributed by atoms with Crippen LogP contribution >= 0.6 is 0 Å². The van der Waals surface area contributed by atoms with Crippen molar-refractivity contribution in [1.29, 1.82) is 0 Å². The molecule has 4 nitrogen and oxygen atoms in total. The van der Waals surface area contributed by atoms with Gasteiger partial charge in [-0.25, -0.2) is 0 Å². The molecule has 0 fully saturated rings. The van der Waals surface area contributed by atoms with Crippen molar-refractivity contribution in [3.05, 3.63) is 84.2 Å². The molecule has 1 aromatic heterocycles. The Kier molecular flexibility index (Phi) is 5.09. The van der Waals surface area contributed by atoms with Crippen molar-refractivity contribution in [3.63, 3.8) is 0 Å². The fraction of sp³-hybridized carbons (Fsp3) is 0.143. The monoisotopic (exact) mass is 331 g/mol. The van der Waals surface area contributed by atoms with Gasteiger partial charge in [-0.3, -0.25) is 9.48 Å². The Bertz CT molecular complexity index is 864. The lowest BCUT2D eigenvalue weighted by atomic mass is 10.0. The Morgan fingerprint density at radius 1 is 1.08 bits per heavy atom. The maximum Gasteiger partial charge on any atom is 0.244 e. The van der Waals surface area contributed by atoms with E-state index in [9.17, 15) is 4.79 Å². The predicted molar refractivity (Wildman–Crippen MR) is 101 cm³/mol. The molecule has 3 aromatic rings. The van der Waals surface area contributed by atoms with E-state index in [4.69, 9.17) is 0 Å². The summed E-state index contributed by atoms with van der Waals surface area (Å²) in [6.07, 6.45) is 6.87. The molecule has 0 aliphatic carbocycles. The molecule has 0 aliphatic rings. The molecule has 2 aromatic carbocycles. The van der Waals surface area contributed by atoms with Gasteiger partial charge in [-0.1, -0.05) is 54.6 Å². The highest BCUT2D eigenvalue weighted by molar-refractivity contribution is 5.91. The highest BCUT2D eigenvalue weighted by atomic mass is 16.1. The lowest BCUT2D eigenvalue weighted by Crippen LogP contribution is -2.24. The Labute approximate surface area is 147 Å². The van der Waals surface area contributed by atoms with Gasteiger partial charge in [0.05, 0.1) is 12.2 Å². The summed E-state index contributed by atoms with van der Waals surface area (Å²) in [4.78, 5) is 12.1. The van der Waals surface area contributed by atoms with E-state index in [1.165, 1.54) is 17.2 Å². The van der Waals surface area contributed by atoms with Crippen LogP contribution in [0, 0.1) is 0 Å². The van der Waals surface area contributed by atoms with E-state index in [1.807, 2.05) is 38.4 Å². The third-order valence-electron chi connectivity index (χ3n) is 4.03. The smallest absolute Gasteiger partial charge is 0.244 e. The van der Waals surface area contributed by atoms with Gasteiger partial charge in [0.15, 0.2) is 0 Å². The second kappa shape index (κ2) is 7.62. The molecule has 126 valence electrons. The molecule has 4 heteroatoms. The van der Waals surface area contributed by atoms with Crippen LogP contribution in [0.15, 0.2) is 73.1 Å². The van der Waals surface area contributed by atoms with Crippen molar-refractivity contribution >= 4 is 12.0 Å². The van der Waals surface area contributed by atoms with E-state index < -0.39 is 0 Å². The number of hydrogen-bond acceptors (Lipinski definition) is 2. The average Bonchev–Trinajstić information content (AvgIpc) is 3.06. The highest BCUT2D eigenvalue weighted by Crippen LogP contribution is 2.21. The third-order valence-corrected chi connectivity index (χ3v) is 4.03. The minimum absolute atomic E-state index is 0.0594. The van der Waals surface area contributed by atoms with Crippen LogP contribution in [0.1, 0.15) is 24.1 Å². The van der Waals surface area contributed by atoms with E-state index in [-0.39, 0.29) is 11.9 Å². The molecule has 25 heavy (non-hydrogen) atoms. The summed E-state index contributed by atoms with van der Waals surface area (Å²) in [5.41, 5.74) is 4.32. The fourth-order valence-electron chi connectivity index (χ4n) is 2.64. The van der Waals surface area contributed by atoms with Gasteiger partial charge in [0.25, 0.3) is 0 Å². The number of benzene rings is 2. The number of nitrogens with one attached hydrogen (secondary N) is 1. The zero-order valence-electron chi connectivity index (χ0n) is 14.4. The molecule has 0 spiro atoms. The van der Waals surface area contributed by atoms with Crippen molar-refractivity contribution < 1.29 is 4.79 Å². The lowest BCUT2D eigenvalue weighted by Gasteiger charge is -2.13. The first kappa shape index (κ1) is 16.7. The molecule has 0 aliphatic heterocycles. The van der Waals surface area contributed by atoms with Crippen molar-refractivity contribution in [2.45, 2.75) is 13.0 Å². The van der Waals surface area contributed by atoms with Crippen LogP contribution in [0.25, 0.3) is 17.2 Å². The van der Waals surface area contributed by atoms with Gasteiger partial charge in [-0.2, -0.15) is 5.10 Å². The Morgan fingerprint density at radius 2 is 1.76 bits per heavy atom. The fourth-order valence-corrected chi connectivity index (χ4v) is 2.64. The molecule has 0 saturated carbocycles. The van der Waals surface area contributed by atoms with E-state index in [1.54, 1.807) is 17.0 Å². The molecule has 0 unspecified atom stereocenters. The van der Waals surface area contributed by atoms with Gasteiger partial charge in [0, 0.05) is 24.9 Å². The zero-order chi connectivity index (χ0) is 17.6. The van der Waals surface area contributed by atoms with Crippen molar-refractivity contribution in [2.75, 3.05) is 0 Å². The van der Waals surface area contributed by atoms with Crippen molar-refractivity contribution in [1.82, 2.24) is 15.1 Å². The number of aromatic nitrogens is 2. The molecule has 0 radical (unpaired) electrons. The first-order valence-electron chi connectivity index (χ1n) is 8.24. The largest absolute Gasteiger partial charge is 0.346 e. The van der Waals surface area contributed by atoms with Crippen LogP contribution < -0.4 is 5.32 Å². The maximum absolute atomic E-state index is 12.1. The van der Waals surface area contributed by atoms with Crippen LogP contribution in [0.5, 0.6) is 0 Å². The molecular weight excluding hydrogens is 310 g/mol. The zero-order valence-corrected chi connectivity index (χ0v) is 14.4. The maximum atomic E-state index is 12.1. The second-order valence-electron chi connectivity index (χ2n) is 6.00. The third kappa shape index (κ3) is 4.44. The summed E-state index contributed by atoms with van der Waals surface area (Å²) in [5.74, 6) is -0.122. The summed E-state index contributed by atoms with van der Waals surface area (Å²) in [6, 6.07) is 18.5. The minimum atomic E-state index is -0.122. The number of carbonyl (C=O) groups is 1. The van der Waals surface area contributed by atoms with Gasteiger partial charge in [0.2, 0.25) is 5.91 Å². The number of hydrogen-bond donors (Lipinski definition) is 1. The Balaban J connectivity index is 1.62. The van der Waals surface area contributed by atoms with Crippen LogP contribution in [0.2, 0.25) is 0 Å². The van der Waals surface area contributed by atoms with Crippen LogP contribution in [-0.2, 0) is 11.8 Å². The number of amides is 1. The van der Waals surface area contributed by atoms with E-state index in [0.29, 0.717) is 0 Å². The normalized spacial score (nSPS) is 12.2. The van der Waals surface area contributed by atoms with Gasteiger partial charge in [0.1, 0.15) is 0 Å². The SMILES string of the molecule is C[C@@H](NC(=O)/C=C/c1cnn(C)c1)c1ccc(-c2ccccc2)cc1. The number of nitrogens with zero attached hydrogens (tertiary/aromatic N) is 2. The highest BCUT2D eigenvalue weighted by Gasteiger charge is 2.08. The predicted octanol–water partition coefficient (Wildman–Crippen LogP) is 3.98. The molecule has 1 N–H and O–H groups in total. The first-order valence-corrected chi connectivity index (χ1v) is 8.24. The first-order chi connectivity index (χ1) is 12.1. The summed E-state index contributed by atoms with van der Waals surface area (Å²) < 4.78 is 1.70. The molecule has 0 saturated heterocycles. The summed E-state index contributed by atoms with van der Waals surface area (Å²) in [6.45, 7) is 1.98. The van der Waals surface area contributed by atoms with Gasteiger partial charge >= 0.3 is 0 Å². The van der Waals surface area contributed by atoms with E-state index in [0.717, 1.165) is 11.1 Å². The number of rotatable bonds is 5. The van der Waals surface area contributed by atoms with Crippen molar-refractivity contribution in [2.24, 2.45) is 7.05 Å². The van der Waals surface area contributed by atoms with E-state index >= 15 is 0 Å². The molecule has 3 rings (SSSR count). The Morgan fingerprint density at radius 3 is 2.40 bits per heavy atom. The van der Waals surface area contributed by atoms with E-state index in [2.05, 4.69) is 46.8 Å². The van der Waals surface area contributed by atoms with Crippen LogP contribution in [0.4, 0.5) is 0 Å². The van der Waals surface area contributed by atoms with Crippen molar-refractivity contribution in [3.8, 4) is 11.1 Å². The number of aryl methyl sites for hydroxylation is 1. The van der Waals surface area contributed by atoms with Gasteiger partial charge < -0.3 is 5.32 Å². The standard InChI is InChI=1S/C21H21N3O/c1-16(23-21(25)13-8-17-14-22-24(2)15-17)18-9-11-20(12-10-18)19-6-4-3-5-7-19/h3-16H,1-2H3,(H,23,25)/b13-8+/t16-/m1/s1. The Hall–Kier alpha value is -3.14. The summed E-state index contributed by atoms with van der Waals surface area (Å²) in [7, 11) is 1.85. The minimum Gasteiger partial charge on any atom is -0.346 e. The molecular formula is C21H21N3O. The van der Waals surface area contributed by atoms with Gasteiger partial charge in [-0.05, 0) is 29.7 Å².